The van der Waals surface area contributed by atoms with E-state index in [2.05, 4.69) is 10.6 Å². The summed E-state index contributed by atoms with van der Waals surface area (Å²) in [5.74, 6) is -3.00. The van der Waals surface area contributed by atoms with Gasteiger partial charge in [0.2, 0.25) is 11.8 Å². The molecular formula is C15H21FN2O4S. The minimum atomic E-state index is -3.86. The SMILES string of the molecule is CC(C)CCNC(=O)CS(=O)(=O)CC(=O)Nc1ccc(F)cc1. The Labute approximate surface area is 135 Å². The lowest BCUT2D eigenvalue weighted by molar-refractivity contribution is -0.118. The van der Waals surface area contributed by atoms with E-state index in [4.69, 9.17) is 0 Å². The Hall–Kier alpha value is -1.96. The highest BCUT2D eigenvalue weighted by Crippen LogP contribution is 2.08. The standard InChI is InChI=1S/C15H21FN2O4S/c1-11(2)7-8-17-14(19)9-23(21,22)10-15(20)18-13-5-3-12(16)4-6-13/h3-6,11H,7-10H2,1-2H3,(H,17,19)(H,18,20). The molecule has 0 atom stereocenters. The molecule has 23 heavy (non-hydrogen) atoms. The van der Waals surface area contributed by atoms with Gasteiger partial charge < -0.3 is 10.6 Å². The molecule has 0 fully saturated rings. The number of sulfone groups is 1. The van der Waals surface area contributed by atoms with E-state index in [0.717, 1.165) is 18.6 Å². The Morgan fingerprint density at radius 2 is 1.65 bits per heavy atom. The van der Waals surface area contributed by atoms with Crippen LogP contribution in [0.15, 0.2) is 24.3 Å². The summed E-state index contributed by atoms with van der Waals surface area (Å²) in [7, 11) is -3.86. The molecule has 1 rings (SSSR count). The van der Waals surface area contributed by atoms with Crippen LogP contribution in [0, 0.1) is 11.7 Å². The van der Waals surface area contributed by atoms with Gasteiger partial charge in [-0.25, -0.2) is 12.8 Å². The van der Waals surface area contributed by atoms with Crippen LogP contribution in [0.25, 0.3) is 0 Å². The molecule has 0 saturated carbocycles. The number of hydrogen-bond acceptors (Lipinski definition) is 4. The minimum Gasteiger partial charge on any atom is -0.355 e. The van der Waals surface area contributed by atoms with Crippen LogP contribution >= 0.6 is 0 Å². The summed E-state index contributed by atoms with van der Waals surface area (Å²) in [6.45, 7) is 4.37. The van der Waals surface area contributed by atoms with Crippen molar-refractivity contribution in [2.45, 2.75) is 20.3 Å². The van der Waals surface area contributed by atoms with Gasteiger partial charge in [0, 0.05) is 12.2 Å². The van der Waals surface area contributed by atoms with Gasteiger partial charge in [-0.15, -0.1) is 0 Å². The van der Waals surface area contributed by atoms with E-state index in [1.54, 1.807) is 0 Å². The highest BCUT2D eigenvalue weighted by atomic mass is 32.2. The predicted molar refractivity (Wildman–Crippen MR) is 86.1 cm³/mol. The quantitative estimate of drug-likeness (QED) is 0.744. The van der Waals surface area contributed by atoms with E-state index in [9.17, 15) is 22.4 Å². The number of anilines is 1. The summed E-state index contributed by atoms with van der Waals surface area (Å²) in [6.07, 6.45) is 0.747. The van der Waals surface area contributed by atoms with Crippen LogP contribution in [0.2, 0.25) is 0 Å². The van der Waals surface area contributed by atoms with Gasteiger partial charge in [0.1, 0.15) is 17.3 Å². The zero-order valence-corrected chi connectivity index (χ0v) is 14.0. The fourth-order valence-electron chi connectivity index (χ4n) is 1.73. The maximum Gasteiger partial charge on any atom is 0.239 e. The maximum atomic E-state index is 12.7. The summed E-state index contributed by atoms with van der Waals surface area (Å²) in [4.78, 5) is 23.2. The summed E-state index contributed by atoms with van der Waals surface area (Å²) in [6, 6.07) is 4.93. The van der Waals surface area contributed by atoms with Crippen molar-refractivity contribution in [1.82, 2.24) is 5.32 Å². The van der Waals surface area contributed by atoms with Gasteiger partial charge >= 0.3 is 0 Å². The average molecular weight is 344 g/mol. The molecular weight excluding hydrogens is 323 g/mol. The first-order chi connectivity index (χ1) is 10.7. The van der Waals surface area contributed by atoms with Gasteiger partial charge in [-0.3, -0.25) is 9.59 Å². The molecule has 0 radical (unpaired) electrons. The topological polar surface area (TPSA) is 92.3 Å². The zero-order valence-electron chi connectivity index (χ0n) is 13.1. The number of nitrogens with one attached hydrogen (secondary N) is 2. The molecule has 0 aliphatic rings. The zero-order chi connectivity index (χ0) is 17.5. The van der Waals surface area contributed by atoms with Crippen molar-refractivity contribution in [3.63, 3.8) is 0 Å². The second-order valence-electron chi connectivity index (χ2n) is 5.62. The van der Waals surface area contributed by atoms with Crippen LogP contribution in [0.4, 0.5) is 10.1 Å². The van der Waals surface area contributed by atoms with E-state index in [0.29, 0.717) is 12.5 Å². The lowest BCUT2D eigenvalue weighted by Gasteiger charge is -2.08. The molecule has 1 aromatic rings. The third kappa shape index (κ3) is 8.29. The minimum absolute atomic E-state index is 0.285. The number of amides is 2. The Kier molecular flexibility index (Phi) is 7.15. The summed E-state index contributed by atoms with van der Waals surface area (Å²) in [5.41, 5.74) is 0.285. The Bertz CT molecular complexity index is 642. The molecule has 8 heteroatoms. The molecule has 1 aromatic carbocycles. The maximum absolute atomic E-state index is 12.7. The second-order valence-corrected chi connectivity index (χ2v) is 7.68. The third-order valence-corrected chi connectivity index (χ3v) is 4.28. The van der Waals surface area contributed by atoms with Crippen molar-refractivity contribution < 1.29 is 22.4 Å². The van der Waals surface area contributed by atoms with Crippen LogP contribution in [0.3, 0.4) is 0 Å². The number of hydrogen-bond donors (Lipinski definition) is 2. The van der Waals surface area contributed by atoms with Gasteiger partial charge in [-0.2, -0.15) is 0 Å². The number of carbonyl (C=O) groups excluding carboxylic acids is 2. The lowest BCUT2D eigenvalue weighted by Crippen LogP contribution is -2.34. The molecule has 128 valence electrons. The monoisotopic (exact) mass is 344 g/mol. The van der Waals surface area contributed by atoms with Gasteiger partial charge in [0.25, 0.3) is 0 Å². The molecule has 0 spiro atoms. The van der Waals surface area contributed by atoms with Crippen LogP contribution < -0.4 is 10.6 Å². The van der Waals surface area contributed by atoms with Gasteiger partial charge in [-0.05, 0) is 36.6 Å². The van der Waals surface area contributed by atoms with Crippen LogP contribution in [0.1, 0.15) is 20.3 Å². The smallest absolute Gasteiger partial charge is 0.239 e. The number of carbonyl (C=O) groups is 2. The van der Waals surface area contributed by atoms with Crippen molar-refractivity contribution in [2.75, 3.05) is 23.4 Å². The molecule has 0 aliphatic heterocycles. The molecule has 0 unspecified atom stereocenters. The summed E-state index contributed by atoms with van der Waals surface area (Å²) in [5, 5.41) is 4.85. The van der Waals surface area contributed by atoms with Gasteiger partial charge in [-0.1, -0.05) is 13.8 Å². The first-order valence-corrected chi connectivity index (χ1v) is 9.02. The first-order valence-electron chi connectivity index (χ1n) is 7.20. The van der Waals surface area contributed by atoms with E-state index >= 15 is 0 Å². The molecule has 0 aromatic heterocycles. The lowest BCUT2D eigenvalue weighted by atomic mass is 10.1. The van der Waals surface area contributed by atoms with Crippen molar-refractivity contribution in [2.24, 2.45) is 5.92 Å². The molecule has 0 heterocycles. The first kappa shape index (κ1) is 19.1. The number of rotatable bonds is 8. The van der Waals surface area contributed by atoms with Crippen molar-refractivity contribution in [3.05, 3.63) is 30.1 Å². The van der Waals surface area contributed by atoms with Crippen LogP contribution in [0.5, 0.6) is 0 Å². The summed E-state index contributed by atoms with van der Waals surface area (Å²) < 4.78 is 36.4. The fraction of sp³-hybridized carbons (Fsp3) is 0.467. The Morgan fingerprint density at radius 1 is 1.09 bits per heavy atom. The number of benzene rings is 1. The van der Waals surface area contributed by atoms with Crippen LogP contribution in [-0.4, -0.2) is 38.3 Å². The van der Waals surface area contributed by atoms with Crippen molar-refractivity contribution >= 4 is 27.3 Å². The highest BCUT2D eigenvalue weighted by Gasteiger charge is 2.20. The van der Waals surface area contributed by atoms with E-state index in [-0.39, 0.29) is 5.69 Å². The van der Waals surface area contributed by atoms with Gasteiger partial charge in [0.15, 0.2) is 9.84 Å². The predicted octanol–water partition coefficient (Wildman–Crippen LogP) is 1.34. The fourth-order valence-corrected chi connectivity index (χ4v) is 2.81. The Morgan fingerprint density at radius 3 is 2.22 bits per heavy atom. The van der Waals surface area contributed by atoms with E-state index in [1.807, 2.05) is 13.8 Å². The molecule has 0 aliphatic carbocycles. The number of halogens is 1. The van der Waals surface area contributed by atoms with E-state index in [1.165, 1.54) is 12.1 Å². The third-order valence-electron chi connectivity index (χ3n) is 2.87. The van der Waals surface area contributed by atoms with Crippen LogP contribution in [-0.2, 0) is 19.4 Å². The highest BCUT2D eigenvalue weighted by molar-refractivity contribution is 7.92. The average Bonchev–Trinajstić information content (AvgIpc) is 2.39. The molecule has 0 saturated heterocycles. The van der Waals surface area contributed by atoms with E-state index < -0.39 is 39.0 Å². The van der Waals surface area contributed by atoms with Crippen molar-refractivity contribution in [1.29, 1.82) is 0 Å². The van der Waals surface area contributed by atoms with Crippen molar-refractivity contribution in [3.8, 4) is 0 Å². The van der Waals surface area contributed by atoms with Gasteiger partial charge in [0.05, 0.1) is 0 Å². The molecule has 6 nitrogen and oxygen atoms in total. The second kappa shape index (κ2) is 8.61. The molecule has 2 N–H and O–H groups in total. The molecule has 2 amide bonds. The summed E-state index contributed by atoms with van der Waals surface area (Å²) >= 11 is 0. The normalized spacial score (nSPS) is 11.3. The molecule has 0 bridgehead atoms. The Balaban J connectivity index is 2.45. The largest absolute Gasteiger partial charge is 0.355 e.